The van der Waals surface area contributed by atoms with Crippen LogP contribution in [0.4, 0.5) is 0 Å². The first-order valence-corrected chi connectivity index (χ1v) is 9.60. The third-order valence-electron chi connectivity index (χ3n) is 5.65. The number of furan rings is 1. The molecule has 28 heavy (non-hydrogen) atoms. The second kappa shape index (κ2) is 6.41. The predicted molar refractivity (Wildman–Crippen MR) is 115 cm³/mol. The van der Waals surface area contributed by atoms with Gasteiger partial charge < -0.3 is 9.23 Å². The highest BCUT2D eigenvalue weighted by Gasteiger charge is 2.31. The van der Waals surface area contributed by atoms with Gasteiger partial charge >= 0.3 is 6.85 Å². The van der Waals surface area contributed by atoms with E-state index < -0.39 is 0 Å². The van der Waals surface area contributed by atoms with Crippen molar-refractivity contribution in [1.82, 2.24) is 4.81 Å². The molecule has 4 heteroatoms. The molecular formula is C24H22BN2O+. The molecule has 0 atom stereocenters. The lowest BCUT2D eigenvalue weighted by atomic mass is 9.55. The Bertz CT molecular complexity index is 1310. The van der Waals surface area contributed by atoms with Crippen LogP contribution in [0.25, 0.3) is 34.3 Å². The highest BCUT2D eigenvalue weighted by Crippen LogP contribution is 2.21. The molecule has 2 aromatic carbocycles. The lowest BCUT2D eigenvalue weighted by molar-refractivity contribution is -0.654. The molecule has 2 aromatic heterocycles. The van der Waals surface area contributed by atoms with Gasteiger partial charge in [0, 0.05) is 28.4 Å². The molecule has 0 saturated carbocycles. The zero-order valence-electron chi connectivity index (χ0n) is 16.4. The van der Waals surface area contributed by atoms with Gasteiger partial charge in [-0.25, -0.2) is 4.57 Å². The molecule has 0 aliphatic carbocycles. The van der Waals surface area contributed by atoms with Crippen LogP contribution in [-0.2, 0) is 7.05 Å². The monoisotopic (exact) mass is 365 g/mol. The number of fused-ring (bicyclic) bond motifs is 3. The fourth-order valence-electron chi connectivity index (χ4n) is 4.21. The summed E-state index contributed by atoms with van der Waals surface area (Å²) in [7, 11) is 4.24. The van der Waals surface area contributed by atoms with Crippen molar-refractivity contribution < 1.29 is 8.98 Å². The van der Waals surface area contributed by atoms with E-state index in [1.54, 1.807) is 0 Å². The van der Waals surface area contributed by atoms with E-state index in [0.29, 0.717) is 0 Å². The molecule has 1 aliphatic heterocycles. The third kappa shape index (κ3) is 2.64. The fraction of sp³-hybridized carbons (Fsp3) is 0.125. The molecule has 0 bridgehead atoms. The van der Waals surface area contributed by atoms with Crippen LogP contribution in [0.5, 0.6) is 0 Å². The largest absolute Gasteiger partial charge is 0.455 e. The molecule has 5 rings (SSSR count). The highest BCUT2D eigenvalue weighted by molar-refractivity contribution is 6.82. The van der Waals surface area contributed by atoms with Crippen molar-refractivity contribution in [3.63, 3.8) is 0 Å². The molecule has 0 radical (unpaired) electrons. The van der Waals surface area contributed by atoms with Crippen LogP contribution in [-0.4, -0.2) is 18.7 Å². The maximum absolute atomic E-state index is 6.05. The smallest absolute Gasteiger partial charge is 0.396 e. The van der Waals surface area contributed by atoms with Crippen LogP contribution in [0.3, 0.4) is 0 Å². The Morgan fingerprint density at radius 3 is 2.57 bits per heavy atom. The Morgan fingerprint density at radius 2 is 1.75 bits per heavy atom. The van der Waals surface area contributed by atoms with Gasteiger partial charge in [0.2, 0.25) is 0 Å². The van der Waals surface area contributed by atoms with E-state index in [-0.39, 0.29) is 6.85 Å². The minimum atomic E-state index is 0.140. The van der Waals surface area contributed by atoms with Gasteiger partial charge in [-0.15, -0.1) is 0 Å². The molecule has 0 spiro atoms. The summed E-state index contributed by atoms with van der Waals surface area (Å²) in [5.74, 6) is 2.32. The Labute approximate surface area is 164 Å². The van der Waals surface area contributed by atoms with Gasteiger partial charge in [0.05, 0.1) is 0 Å². The molecule has 0 unspecified atom stereocenters. The van der Waals surface area contributed by atoms with E-state index in [2.05, 4.69) is 97.3 Å². The summed E-state index contributed by atoms with van der Waals surface area (Å²) in [6, 6.07) is 21.2. The van der Waals surface area contributed by atoms with Crippen molar-refractivity contribution in [1.29, 1.82) is 0 Å². The molecule has 0 amide bonds. The number of hydrogen-bond acceptors (Lipinski definition) is 2. The second-order valence-corrected chi connectivity index (χ2v) is 7.55. The van der Waals surface area contributed by atoms with Crippen molar-refractivity contribution in [2.75, 3.05) is 7.05 Å². The van der Waals surface area contributed by atoms with E-state index in [9.17, 15) is 0 Å². The van der Waals surface area contributed by atoms with Crippen molar-refractivity contribution in [2.45, 2.75) is 6.92 Å². The minimum Gasteiger partial charge on any atom is -0.455 e. The standard InChI is InChI=1S/C24H22BN2O/c1-17-15-26(2)24(13-20(17)18-9-5-4-6-10-18)25-14-21-19-11-7-8-12-22(19)28-23(21)16-27(25)3/h4-16H,1-3H3/q+1. The normalized spacial score (nSPS) is 13.2. The first-order chi connectivity index (χ1) is 13.6. The lowest BCUT2D eigenvalue weighted by Gasteiger charge is -2.21. The second-order valence-electron chi connectivity index (χ2n) is 7.55. The molecule has 3 nitrogen and oxygen atoms in total. The van der Waals surface area contributed by atoms with Crippen LogP contribution >= 0.6 is 0 Å². The molecule has 0 fully saturated rings. The quantitative estimate of drug-likeness (QED) is 0.401. The average Bonchev–Trinajstić information content (AvgIpc) is 3.05. The Kier molecular flexibility index (Phi) is 3.87. The zero-order valence-corrected chi connectivity index (χ0v) is 16.4. The molecule has 4 aromatic rings. The SMILES string of the molecule is Cc1c[n+](C)c(B2C=c3c(oc4ccccc34)=CN2C)cc1-c1ccccc1. The fourth-order valence-corrected chi connectivity index (χ4v) is 4.21. The van der Waals surface area contributed by atoms with Gasteiger partial charge in [-0.2, -0.15) is 0 Å². The Hall–Kier alpha value is -3.27. The van der Waals surface area contributed by atoms with Gasteiger partial charge in [-0.05, 0) is 31.2 Å². The lowest BCUT2D eigenvalue weighted by Crippen LogP contribution is -2.61. The number of aryl methyl sites for hydroxylation is 2. The first kappa shape index (κ1) is 16.9. The zero-order chi connectivity index (χ0) is 19.3. The number of aromatic nitrogens is 1. The van der Waals surface area contributed by atoms with E-state index >= 15 is 0 Å². The van der Waals surface area contributed by atoms with Gasteiger partial charge in [0.15, 0.2) is 11.8 Å². The van der Waals surface area contributed by atoms with Crippen molar-refractivity contribution >= 4 is 35.6 Å². The molecule has 0 saturated heterocycles. The van der Waals surface area contributed by atoms with Crippen molar-refractivity contribution in [3.05, 3.63) is 83.1 Å². The molecule has 3 heterocycles. The van der Waals surface area contributed by atoms with Gasteiger partial charge in [-0.3, -0.25) is 0 Å². The summed E-state index contributed by atoms with van der Waals surface area (Å²) < 4.78 is 8.29. The van der Waals surface area contributed by atoms with E-state index in [1.807, 2.05) is 12.1 Å². The Balaban J connectivity index is 1.71. The Morgan fingerprint density at radius 1 is 1.00 bits per heavy atom. The number of hydrogen-bond donors (Lipinski definition) is 0. The third-order valence-corrected chi connectivity index (χ3v) is 5.65. The van der Waals surface area contributed by atoms with Crippen molar-refractivity contribution in [3.8, 4) is 11.1 Å². The minimum absolute atomic E-state index is 0.140. The maximum Gasteiger partial charge on any atom is 0.396 e. The summed E-state index contributed by atoms with van der Waals surface area (Å²) in [5.41, 5.74) is 6.91. The van der Waals surface area contributed by atoms with Crippen LogP contribution in [0.15, 0.2) is 71.3 Å². The topological polar surface area (TPSA) is 20.3 Å². The van der Waals surface area contributed by atoms with Crippen LogP contribution in [0.2, 0.25) is 0 Å². The molecule has 1 aliphatic rings. The highest BCUT2D eigenvalue weighted by atomic mass is 16.3. The summed E-state index contributed by atoms with van der Waals surface area (Å²) in [4.78, 5) is 2.23. The van der Waals surface area contributed by atoms with Gasteiger partial charge in [-0.1, -0.05) is 54.5 Å². The number of rotatable bonds is 2. The number of benzene rings is 2. The van der Waals surface area contributed by atoms with Crippen LogP contribution in [0, 0.1) is 6.92 Å². The molecule has 0 N–H and O–H groups in total. The van der Waals surface area contributed by atoms with E-state index in [0.717, 1.165) is 11.0 Å². The van der Waals surface area contributed by atoms with Crippen LogP contribution in [0.1, 0.15) is 5.56 Å². The number of pyridine rings is 1. The maximum atomic E-state index is 6.05. The van der Waals surface area contributed by atoms with E-state index in [4.69, 9.17) is 4.42 Å². The van der Waals surface area contributed by atoms with Gasteiger partial charge in [0.1, 0.15) is 18.0 Å². The predicted octanol–water partition coefficient (Wildman–Crippen LogP) is 2.13. The van der Waals surface area contributed by atoms with E-state index in [1.165, 1.54) is 32.9 Å². The summed E-state index contributed by atoms with van der Waals surface area (Å²) in [6.07, 6.45) is 4.34. The number of nitrogens with zero attached hydrogens (tertiary/aromatic N) is 2. The van der Waals surface area contributed by atoms with Crippen LogP contribution < -0.4 is 20.8 Å². The average molecular weight is 365 g/mol. The first-order valence-electron chi connectivity index (χ1n) is 9.60. The van der Waals surface area contributed by atoms with Crippen molar-refractivity contribution in [2.24, 2.45) is 7.05 Å². The summed E-state index contributed by atoms with van der Waals surface area (Å²) in [6.45, 7) is 2.32. The molecule has 136 valence electrons. The number of para-hydroxylation sites is 1. The summed E-state index contributed by atoms with van der Waals surface area (Å²) >= 11 is 0. The summed E-state index contributed by atoms with van der Waals surface area (Å²) in [5, 5.41) is 2.35. The van der Waals surface area contributed by atoms with Gasteiger partial charge in [0.25, 0.3) is 0 Å². The molecular weight excluding hydrogens is 343 g/mol.